The molecule has 1 aliphatic rings. The predicted molar refractivity (Wildman–Crippen MR) is 81.2 cm³/mol. The Hall–Kier alpha value is -1.73. The van der Waals surface area contributed by atoms with Crippen LogP contribution in [0.15, 0.2) is 24.3 Å². The molecule has 1 saturated heterocycles. The fourth-order valence-electron chi connectivity index (χ4n) is 2.61. The number of carbonyl (C=O) groups is 1. The Balaban J connectivity index is 2.04. The number of ether oxygens (including phenoxy) is 2. The number of amides is 1. The third kappa shape index (κ3) is 4.87. The molecule has 0 aliphatic carbocycles. The summed E-state index contributed by atoms with van der Waals surface area (Å²) in [4.78, 5) is 14.0. The highest BCUT2D eigenvalue weighted by molar-refractivity contribution is 5.81. The van der Waals surface area contributed by atoms with Crippen molar-refractivity contribution in [3.05, 3.63) is 29.8 Å². The second-order valence-corrected chi connectivity index (χ2v) is 5.49. The van der Waals surface area contributed by atoms with E-state index in [1.807, 2.05) is 6.92 Å². The third-order valence-corrected chi connectivity index (χ3v) is 3.75. The molecule has 5 nitrogen and oxygen atoms in total. The number of rotatable bonds is 6. The van der Waals surface area contributed by atoms with Crippen LogP contribution < -0.4 is 10.5 Å². The standard InChI is InChI=1S/C16H22F2N2O3/c1-2-4-13(19)15(21)20-7-8-22-14(10-20)11-5-3-6-12(9-11)23-16(17)18/h3,5-6,9,13-14,16H,2,4,7-8,10,19H2,1H3. The second-order valence-electron chi connectivity index (χ2n) is 5.49. The number of nitrogens with two attached hydrogens (primary N) is 1. The molecule has 0 aromatic heterocycles. The van der Waals surface area contributed by atoms with Crippen LogP contribution in [0, 0.1) is 0 Å². The van der Waals surface area contributed by atoms with Crippen LogP contribution in [0.1, 0.15) is 31.4 Å². The fraction of sp³-hybridized carbons (Fsp3) is 0.562. The average Bonchev–Trinajstić information content (AvgIpc) is 2.54. The lowest BCUT2D eigenvalue weighted by molar-refractivity contribution is -0.140. The van der Waals surface area contributed by atoms with Gasteiger partial charge in [0.05, 0.1) is 19.2 Å². The van der Waals surface area contributed by atoms with Gasteiger partial charge in [0.2, 0.25) is 5.91 Å². The van der Waals surface area contributed by atoms with Crippen LogP contribution in [0.4, 0.5) is 8.78 Å². The van der Waals surface area contributed by atoms with E-state index in [2.05, 4.69) is 4.74 Å². The van der Waals surface area contributed by atoms with Crippen LogP contribution in [0.5, 0.6) is 5.75 Å². The first-order chi connectivity index (χ1) is 11.0. The summed E-state index contributed by atoms with van der Waals surface area (Å²) in [6.45, 7) is 0.329. The van der Waals surface area contributed by atoms with E-state index in [4.69, 9.17) is 10.5 Å². The maximum absolute atomic E-state index is 12.3. The summed E-state index contributed by atoms with van der Waals surface area (Å²) in [7, 11) is 0. The van der Waals surface area contributed by atoms with E-state index in [0.717, 1.165) is 6.42 Å². The SMILES string of the molecule is CCCC(N)C(=O)N1CCOC(c2cccc(OC(F)F)c2)C1. The molecule has 128 valence electrons. The van der Waals surface area contributed by atoms with Crippen LogP contribution in [0.2, 0.25) is 0 Å². The lowest BCUT2D eigenvalue weighted by atomic mass is 10.1. The van der Waals surface area contributed by atoms with Crippen molar-refractivity contribution in [2.75, 3.05) is 19.7 Å². The molecular formula is C16H22F2N2O3. The van der Waals surface area contributed by atoms with Gasteiger partial charge in [0, 0.05) is 6.54 Å². The molecule has 0 saturated carbocycles. The highest BCUT2D eigenvalue weighted by atomic mass is 19.3. The summed E-state index contributed by atoms with van der Waals surface area (Å²) in [5, 5.41) is 0. The zero-order chi connectivity index (χ0) is 16.8. The normalized spacial score (nSPS) is 19.7. The molecule has 1 aromatic rings. The number of carbonyl (C=O) groups excluding carboxylic acids is 1. The number of benzene rings is 1. The Morgan fingerprint density at radius 3 is 3.00 bits per heavy atom. The molecule has 1 aliphatic heterocycles. The van der Waals surface area contributed by atoms with Gasteiger partial charge in [-0.2, -0.15) is 8.78 Å². The van der Waals surface area contributed by atoms with Crippen LogP contribution in [-0.4, -0.2) is 43.2 Å². The molecule has 23 heavy (non-hydrogen) atoms. The van der Waals surface area contributed by atoms with Crippen molar-refractivity contribution in [3.8, 4) is 5.75 Å². The lowest BCUT2D eigenvalue weighted by Crippen LogP contribution is -2.49. The first-order valence-electron chi connectivity index (χ1n) is 7.72. The molecule has 2 unspecified atom stereocenters. The fourth-order valence-corrected chi connectivity index (χ4v) is 2.61. The van der Waals surface area contributed by atoms with Crippen molar-refractivity contribution in [3.63, 3.8) is 0 Å². The summed E-state index contributed by atoms with van der Waals surface area (Å²) >= 11 is 0. The summed E-state index contributed by atoms with van der Waals surface area (Å²) in [5.41, 5.74) is 6.59. The monoisotopic (exact) mass is 328 g/mol. The van der Waals surface area contributed by atoms with E-state index >= 15 is 0 Å². The zero-order valence-electron chi connectivity index (χ0n) is 13.1. The van der Waals surface area contributed by atoms with Crippen molar-refractivity contribution in [2.24, 2.45) is 5.73 Å². The quantitative estimate of drug-likeness (QED) is 0.870. The van der Waals surface area contributed by atoms with E-state index in [0.29, 0.717) is 31.7 Å². The number of alkyl halides is 2. The Kier molecular flexibility index (Phi) is 6.29. The molecule has 1 heterocycles. The van der Waals surface area contributed by atoms with Crippen molar-refractivity contribution in [1.82, 2.24) is 4.90 Å². The summed E-state index contributed by atoms with van der Waals surface area (Å²) < 4.78 is 34.7. The summed E-state index contributed by atoms with van der Waals surface area (Å²) in [6.07, 6.45) is 1.11. The largest absolute Gasteiger partial charge is 0.435 e. The molecule has 2 N–H and O–H groups in total. The number of nitrogens with zero attached hydrogens (tertiary/aromatic N) is 1. The van der Waals surface area contributed by atoms with Gasteiger partial charge < -0.3 is 20.1 Å². The van der Waals surface area contributed by atoms with Crippen molar-refractivity contribution < 1.29 is 23.0 Å². The molecule has 1 fully saturated rings. The Labute approximate surface area is 134 Å². The molecule has 7 heteroatoms. The topological polar surface area (TPSA) is 64.8 Å². The molecule has 1 aromatic carbocycles. The minimum Gasteiger partial charge on any atom is -0.435 e. The van der Waals surface area contributed by atoms with Gasteiger partial charge in [0.1, 0.15) is 11.9 Å². The van der Waals surface area contributed by atoms with Gasteiger partial charge in [-0.25, -0.2) is 0 Å². The van der Waals surface area contributed by atoms with E-state index in [1.54, 1.807) is 17.0 Å². The highest BCUT2D eigenvalue weighted by Gasteiger charge is 2.28. The molecule has 1 amide bonds. The molecule has 0 bridgehead atoms. The Bertz CT molecular complexity index is 528. The first-order valence-corrected chi connectivity index (χ1v) is 7.72. The number of morpholine rings is 1. The van der Waals surface area contributed by atoms with Crippen molar-refractivity contribution in [2.45, 2.75) is 38.5 Å². The van der Waals surface area contributed by atoms with E-state index in [1.165, 1.54) is 12.1 Å². The molecule has 2 atom stereocenters. The average molecular weight is 328 g/mol. The maximum atomic E-state index is 12.3. The highest BCUT2D eigenvalue weighted by Crippen LogP contribution is 2.26. The summed E-state index contributed by atoms with van der Waals surface area (Å²) in [5.74, 6) is -0.0210. The summed E-state index contributed by atoms with van der Waals surface area (Å²) in [6, 6.07) is 5.85. The minimum atomic E-state index is -2.87. The predicted octanol–water partition coefficient (Wildman–Crippen LogP) is 2.32. The van der Waals surface area contributed by atoms with Gasteiger partial charge in [-0.15, -0.1) is 0 Å². The Morgan fingerprint density at radius 1 is 1.52 bits per heavy atom. The van der Waals surface area contributed by atoms with Gasteiger partial charge in [-0.3, -0.25) is 4.79 Å². The zero-order valence-corrected chi connectivity index (χ0v) is 13.1. The van der Waals surface area contributed by atoms with Crippen LogP contribution in [0.3, 0.4) is 0 Å². The molecule has 2 rings (SSSR count). The van der Waals surface area contributed by atoms with Crippen LogP contribution >= 0.6 is 0 Å². The van der Waals surface area contributed by atoms with Gasteiger partial charge in [0.15, 0.2) is 0 Å². The van der Waals surface area contributed by atoms with Crippen LogP contribution in [-0.2, 0) is 9.53 Å². The number of hydrogen-bond acceptors (Lipinski definition) is 4. The van der Waals surface area contributed by atoms with Crippen LogP contribution in [0.25, 0.3) is 0 Å². The van der Waals surface area contributed by atoms with Gasteiger partial charge in [-0.05, 0) is 24.1 Å². The van der Waals surface area contributed by atoms with Gasteiger partial charge >= 0.3 is 6.61 Å². The first kappa shape index (κ1) is 17.6. The minimum absolute atomic E-state index is 0.0761. The maximum Gasteiger partial charge on any atom is 0.387 e. The van der Waals surface area contributed by atoms with Gasteiger partial charge in [0.25, 0.3) is 0 Å². The Morgan fingerprint density at radius 2 is 2.30 bits per heavy atom. The third-order valence-electron chi connectivity index (χ3n) is 3.75. The van der Waals surface area contributed by atoms with Crippen molar-refractivity contribution >= 4 is 5.91 Å². The van der Waals surface area contributed by atoms with Gasteiger partial charge in [-0.1, -0.05) is 25.5 Å². The smallest absolute Gasteiger partial charge is 0.387 e. The van der Waals surface area contributed by atoms with E-state index in [9.17, 15) is 13.6 Å². The number of halogens is 2. The number of hydrogen-bond donors (Lipinski definition) is 1. The molecule has 0 spiro atoms. The molecule has 0 radical (unpaired) electrons. The van der Waals surface area contributed by atoms with E-state index < -0.39 is 12.7 Å². The molecular weight excluding hydrogens is 306 g/mol. The lowest BCUT2D eigenvalue weighted by Gasteiger charge is -2.34. The van der Waals surface area contributed by atoms with Crippen molar-refractivity contribution in [1.29, 1.82) is 0 Å². The second kappa shape index (κ2) is 8.21. The van der Waals surface area contributed by atoms with E-state index in [-0.39, 0.29) is 17.8 Å².